The molecule has 7 nitrogen and oxygen atoms in total. The molecule has 6 rings (SSSR count). The van der Waals surface area contributed by atoms with Gasteiger partial charge < -0.3 is 5.32 Å². The number of nitrogens with zero attached hydrogens (tertiary/aromatic N) is 5. The van der Waals surface area contributed by atoms with Crippen LogP contribution in [0.15, 0.2) is 66.9 Å². The van der Waals surface area contributed by atoms with Gasteiger partial charge in [0, 0.05) is 23.2 Å². The molecule has 1 amide bonds. The Kier molecular flexibility index (Phi) is 5.41. The molecule has 3 aromatic heterocycles. The first-order valence-electron chi connectivity index (χ1n) is 11.8. The first-order chi connectivity index (χ1) is 17.2. The van der Waals surface area contributed by atoms with Crippen LogP contribution in [0.25, 0.3) is 33.3 Å². The second-order valence-corrected chi connectivity index (χ2v) is 8.93. The maximum atomic E-state index is 14.9. The smallest absolute Gasteiger partial charge is 0.254 e. The average molecular weight is 467 g/mol. The molecule has 1 aliphatic rings. The molecule has 1 saturated carbocycles. The highest BCUT2D eigenvalue weighted by Crippen LogP contribution is 2.24. The SMILES string of the molecule is O=C(NC1CCCC1)c1ccc(-c2ccc3nnn(Cc4cccc5cccnc45)c3n2)cc1F. The molecule has 0 spiro atoms. The van der Waals surface area contributed by atoms with Gasteiger partial charge in [0.15, 0.2) is 5.65 Å². The van der Waals surface area contributed by atoms with Crippen LogP contribution in [0.1, 0.15) is 41.6 Å². The number of nitrogens with one attached hydrogen (secondary N) is 1. The summed E-state index contributed by atoms with van der Waals surface area (Å²) in [6, 6.07) is 18.3. The molecule has 0 aliphatic heterocycles. The number of amides is 1. The van der Waals surface area contributed by atoms with Crippen molar-refractivity contribution in [3.8, 4) is 11.3 Å². The largest absolute Gasteiger partial charge is 0.349 e. The quantitative estimate of drug-likeness (QED) is 0.398. The van der Waals surface area contributed by atoms with Gasteiger partial charge in [-0.25, -0.2) is 14.1 Å². The van der Waals surface area contributed by atoms with E-state index in [-0.39, 0.29) is 17.5 Å². The van der Waals surface area contributed by atoms with Gasteiger partial charge in [-0.05, 0) is 48.7 Å². The monoisotopic (exact) mass is 466 g/mol. The van der Waals surface area contributed by atoms with Crippen LogP contribution < -0.4 is 5.32 Å². The maximum Gasteiger partial charge on any atom is 0.254 e. The molecule has 8 heteroatoms. The van der Waals surface area contributed by atoms with E-state index < -0.39 is 5.82 Å². The van der Waals surface area contributed by atoms with Crippen molar-refractivity contribution in [2.24, 2.45) is 0 Å². The minimum Gasteiger partial charge on any atom is -0.349 e. The van der Waals surface area contributed by atoms with Gasteiger partial charge in [-0.3, -0.25) is 9.78 Å². The third kappa shape index (κ3) is 4.12. The van der Waals surface area contributed by atoms with E-state index in [4.69, 9.17) is 4.98 Å². The highest BCUT2D eigenvalue weighted by atomic mass is 19.1. The topological polar surface area (TPSA) is 85.6 Å². The van der Waals surface area contributed by atoms with Crippen molar-refractivity contribution >= 4 is 28.0 Å². The molecule has 0 bridgehead atoms. The molecule has 5 aromatic rings. The molecule has 0 unspecified atom stereocenters. The Labute approximate surface area is 201 Å². The van der Waals surface area contributed by atoms with Crippen molar-refractivity contribution in [3.63, 3.8) is 0 Å². The fourth-order valence-electron chi connectivity index (χ4n) is 4.77. The summed E-state index contributed by atoms with van der Waals surface area (Å²) in [6.45, 7) is 0.454. The Morgan fingerprint density at radius 1 is 1.06 bits per heavy atom. The highest BCUT2D eigenvalue weighted by molar-refractivity contribution is 5.95. The number of pyridine rings is 2. The molecular formula is C27H23FN6O. The fraction of sp³-hybridized carbons (Fsp3) is 0.222. The van der Waals surface area contributed by atoms with E-state index in [9.17, 15) is 9.18 Å². The molecule has 1 fully saturated rings. The molecule has 0 atom stereocenters. The molecule has 0 radical (unpaired) electrons. The number of halogens is 1. The van der Waals surface area contributed by atoms with E-state index in [1.54, 1.807) is 23.0 Å². The van der Waals surface area contributed by atoms with Gasteiger partial charge >= 0.3 is 0 Å². The third-order valence-electron chi connectivity index (χ3n) is 6.60. The van der Waals surface area contributed by atoms with Crippen LogP contribution in [0.4, 0.5) is 4.39 Å². The van der Waals surface area contributed by atoms with Gasteiger partial charge in [0.2, 0.25) is 0 Å². The first kappa shape index (κ1) is 21.3. The van der Waals surface area contributed by atoms with Crippen LogP contribution in [-0.4, -0.2) is 36.9 Å². The molecule has 0 saturated heterocycles. The van der Waals surface area contributed by atoms with E-state index in [1.165, 1.54) is 12.1 Å². The zero-order chi connectivity index (χ0) is 23.8. The minimum atomic E-state index is -0.562. The lowest BCUT2D eigenvalue weighted by Gasteiger charge is -2.13. The van der Waals surface area contributed by atoms with Crippen LogP contribution in [0.5, 0.6) is 0 Å². The van der Waals surface area contributed by atoms with E-state index >= 15 is 0 Å². The number of carbonyl (C=O) groups is 1. The number of benzene rings is 2. The summed E-state index contributed by atoms with van der Waals surface area (Å²) >= 11 is 0. The number of hydrogen-bond acceptors (Lipinski definition) is 5. The van der Waals surface area contributed by atoms with Crippen molar-refractivity contribution in [2.45, 2.75) is 38.3 Å². The number of carbonyl (C=O) groups excluding carboxylic acids is 1. The van der Waals surface area contributed by atoms with Gasteiger partial charge in [-0.1, -0.05) is 48.4 Å². The summed E-state index contributed by atoms with van der Waals surface area (Å²) in [5, 5.41) is 12.5. The predicted octanol–water partition coefficient (Wildman–Crippen LogP) is 4.90. The summed E-state index contributed by atoms with van der Waals surface area (Å²) in [4.78, 5) is 21.8. The van der Waals surface area contributed by atoms with E-state index in [1.807, 2.05) is 36.4 Å². The second kappa shape index (κ2) is 8.87. The lowest BCUT2D eigenvalue weighted by molar-refractivity contribution is 0.0934. The summed E-state index contributed by atoms with van der Waals surface area (Å²) in [7, 11) is 0. The van der Waals surface area contributed by atoms with Crippen molar-refractivity contribution in [1.82, 2.24) is 30.3 Å². The Hall–Kier alpha value is -4.20. The molecule has 1 aliphatic carbocycles. The normalized spacial score (nSPS) is 14.1. The Balaban J connectivity index is 1.30. The minimum absolute atomic E-state index is 0.0527. The molecular weight excluding hydrogens is 443 g/mol. The molecule has 174 valence electrons. The van der Waals surface area contributed by atoms with Gasteiger partial charge in [-0.2, -0.15) is 0 Å². The number of rotatable bonds is 5. The van der Waals surface area contributed by atoms with Crippen molar-refractivity contribution < 1.29 is 9.18 Å². The Morgan fingerprint density at radius 2 is 1.91 bits per heavy atom. The summed E-state index contributed by atoms with van der Waals surface area (Å²) in [5.41, 5.74) is 4.38. The van der Waals surface area contributed by atoms with E-state index in [2.05, 4.69) is 20.6 Å². The summed E-state index contributed by atoms with van der Waals surface area (Å²) in [5.74, 6) is -0.927. The number of para-hydroxylation sites is 1. The average Bonchev–Trinajstić information content (AvgIpc) is 3.54. The molecule has 1 N–H and O–H groups in total. The van der Waals surface area contributed by atoms with Gasteiger partial charge in [0.1, 0.15) is 11.3 Å². The zero-order valence-electron chi connectivity index (χ0n) is 19.0. The fourth-order valence-corrected chi connectivity index (χ4v) is 4.77. The number of aromatic nitrogens is 5. The lowest BCUT2D eigenvalue weighted by atomic mass is 10.1. The van der Waals surface area contributed by atoms with Crippen molar-refractivity contribution in [3.05, 3.63) is 83.8 Å². The van der Waals surface area contributed by atoms with Crippen LogP contribution in [-0.2, 0) is 6.54 Å². The summed E-state index contributed by atoms with van der Waals surface area (Å²) in [6.07, 6.45) is 5.87. The zero-order valence-corrected chi connectivity index (χ0v) is 19.0. The lowest BCUT2D eigenvalue weighted by Crippen LogP contribution is -2.33. The van der Waals surface area contributed by atoms with Gasteiger partial charge in [0.25, 0.3) is 5.91 Å². The Bertz CT molecular complexity index is 1550. The van der Waals surface area contributed by atoms with Crippen LogP contribution >= 0.6 is 0 Å². The van der Waals surface area contributed by atoms with Crippen LogP contribution in [0, 0.1) is 5.82 Å². The summed E-state index contributed by atoms with van der Waals surface area (Å²) < 4.78 is 16.6. The molecule has 2 aromatic carbocycles. The number of fused-ring (bicyclic) bond motifs is 2. The molecule has 35 heavy (non-hydrogen) atoms. The van der Waals surface area contributed by atoms with E-state index in [0.29, 0.717) is 29.0 Å². The van der Waals surface area contributed by atoms with Gasteiger partial charge in [-0.15, -0.1) is 5.10 Å². The van der Waals surface area contributed by atoms with Crippen molar-refractivity contribution in [2.75, 3.05) is 0 Å². The van der Waals surface area contributed by atoms with Crippen LogP contribution in [0.3, 0.4) is 0 Å². The first-order valence-corrected chi connectivity index (χ1v) is 11.8. The predicted molar refractivity (Wildman–Crippen MR) is 131 cm³/mol. The standard InChI is InChI=1S/C27H23FN6O/c28-22-15-18(10-11-21(22)27(35)30-20-8-1-2-9-20)23-12-13-24-26(31-23)34(33-32-24)16-19-6-3-5-17-7-4-14-29-25(17)19/h3-7,10-15,20H,1-2,8-9,16H2,(H,30,35). The Morgan fingerprint density at radius 3 is 2.77 bits per heavy atom. The molecule has 3 heterocycles. The van der Waals surface area contributed by atoms with Crippen molar-refractivity contribution in [1.29, 1.82) is 0 Å². The maximum absolute atomic E-state index is 14.9. The van der Waals surface area contributed by atoms with Crippen LogP contribution in [0.2, 0.25) is 0 Å². The van der Waals surface area contributed by atoms with E-state index in [0.717, 1.165) is 42.1 Å². The second-order valence-electron chi connectivity index (χ2n) is 8.93. The number of hydrogen-bond donors (Lipinski definition) is 1. The van der Waals surface area contributed by atoms with Gasteiger partial charge in [0.05, 0.1) is 23.3 Å². The highest BCUT2D eigenvalue weighted by Gasteiger charge is 2.20. The third-order valence-corrected chi connectivity index (χ3v) is 6.60.